The maximum atomic E-state index is 13.1. The highest BCUT2D eigenvalue weighted by Gasteiger charge is 2.16. The van der Waals surface area contributed by atoms with Gasteiger partial charge in [-0.3, -0.25) is 9.36 Å². The first-order valence-electron chi connectivity index (χ1n) is 10.4. The largest absolute Gasteiger partial charge is 0.486 e. The monoisotopic (exact) mass is 462 g/mol. The fourth-order valence-electron chi connectivity index (χ4n) is 3.17. The summed E-state index contributed by atoms with van der Waals surface area (Å²) in [7, 11) is 0. The second kappa shape index (κ2) is 10.8. The molecule has 33 heavy (non-hydrogen) atoms. The lowest BCUT2D eigenvalue weighted by Gasteiger charge is -2.12. The zero-order valence-corrected chi connectivity index (χ0v) is 18.9. The Morgan fingerprint density at radius 3 is 2.58 bits per heavy atom. The van der Waals surface area contributed by atoms with Gasteiger partial charge in [-0.1, -0.05) is 54.2 Å². The van der Waals surface area contributed by atoms with Crippen molar-refractivity contribution in [3.63, 3.8) is 0 Å². The molecule has 6 nitrogen and oxygen atoms in total. The summed E-state index contributed by atoms with van der Waals surface area (Å²) in [5.74, 6) is 1.01. The smallest absolute Gasteiger partial charge is 0.234 e. The van der Waals surface area contributed by atoms with Gasteiger partial charge in [0.1, 0.15) is 18.2 Å². The number of benzene rings is 3. The van der Waals surface area contributed by atoms with Crippen molar-refractivity contribution in [3.05, 3.63) is 102 Å². The molecule has 0 atom stereocenters. The Kier molecular flexibility index (Phi) is 7.36. The summed E-state index contributed by atoms with van der Waals surface area (Å²) in [5, 5.41) is 12.0. The van der Waals surface area contributed by atoms with Crippen LogP contribution in [0.1, 0.15) is 17.0 Å². The van der Waals surface area contributed by atoms with Crippen LogP contribution in [-0.4, -0.2) is 26.4 Å². The van der Waals surface area contributed by atoms with Crippen LogP contribution in [0, 0.1) is 12.7 Å². The molecule has 8 heteroatoms. The van der Waals surface area contributed by atoms with Crippen molar-refractivity contribution in [2.45, 2.75) is 25.2 Å². The number of nitrogens with zero attached hydrogens (tertiary/aromatic N) is 3. The average Bonchev–Trinajstić information content (AvgIpc) is 3.20. The van der Waals surface area contributed by atoms with Gasteiger partial charge in [0.25, 0.3) is 0 Å². The van der Waals surface area contributed by atoms with E-state index in [1.807, 2.05) is 66.1 Å². The van der Waals surface area contributed by atoms with Crippen molar-refractivity contribution in [2.24, 2.45) is 0 Å². The number of thioether (sulfide) groups is 1. The van der Waals surface area contributed by atoms with Crippen LogP contribution in [0.3, 0.4) is 0 Å². The number of hydrogen-bond acceptors (Lipinski definition) is 5. The van der Waals surface area contributed by atoms with Crippen LogP contribution in [0.5, 0.6) is 5.75 Å². The molecule has 0 aliphatic heterocycles. The summed E-state index contributed by atoms with van der Waals surface area (Å²) < 4.78 is 21.0. The standard InChI is InChI=1S/C25H23FN4O2S/c1-18-6-5-9-22(14-18)32-16-23-28-29-25(30(23)15-19-7-3-2-4-8-19)33-17-24(31)27-21-12-10-20(26)11-13-21/h2-14H,15-17H2,1H3,(H,27,31). The molecule has 1 N–H and O–H groups in total. The highest BCUT2D eigenvalue weighted by atomic mass is 32.2. The molecule has 168 valence electrons. The van der Waals surface area contributed by atoms with Gasteiger partial charge in [0, 0.05) is 5.69 Å². The van der Waals surface area contributed by atoms with Crippen molar-refractivity contribution in [1.82, 2.24) is 14.8 Å². The molecule has 0 radical (unpaired) electrons. The Balaban J connectivity index is 1.46. The second-order valence-corrected chi connectivity index (χ2v) is 8.36. The molecule has 1 heterocycles. The summed E-state index contributed by atoms with van der Waals surface area (Å²) in [5.41, 5.74) is 2.74. The van der Waals surface area contributed by atoms with Gasteiger partial charge in [0.15, 0.2) is 11.0 Å². The van der Waals surface area contributed by atoms with Crippen molar-refractivity contribution in [2.75, 3.05) is 11.1 Å². The summed E-state index contributed by atoms with van der Waals surface area (Å²) in [6.45, 7) is 2.82. The molecule has 1 amide bonds. The number of nitrogens with one attached hydrogen (secondary N) is 1. The molecule has 0 saturated carbocycles. The van der Waals surface area contributed by atoms with E-state index >= 15 is 0 Å². The minimum absolute atomic E-state index is 0.142. The predicted molar refractivity (Wildman–Crippen MR) is 127 cm³/mol. The zero-order valence-electron chi connectivity index (χ0n) is 18.1. The Labute approximate surface area is 195 Å². The van der Waals surface area contributed by atoms with Crippen molar-refractivity contribution >= 4 is 23.4 Å². The van der Waals surface area contributed by atoms with Gasteiger partial charge in [0.2, 0.25) is 5.91 Å². The van der Waals surface area contributed by atoms with Crippen molar-refractivity contribution < 1.29 is 13.9 Å². The van der Waals surface area contributed by atoms with Crippen molar-refractivity contribution in [1.29, 1.82) is 0 Å². The summed E-state index contributed by atoms with van der Waals surface area (Å²) in [6.07, 6.45) is 0. The van der Waals surface area contributed by atoms with E-state index in [2.05, 4.69) is 15.5 Å². The quantitative estimate of drug-likeness (QED) is 0.351. The van der Waals surface area contributed by atoms with E-state index in [1.165, 1.54) is 36.0 Å². The molecule has 0 aliphatic rings. The number of carbonyl (C=O) groups excluding carboxylic acids is 1. The molecule has 0 saturated heterocycles. The van der Waals surface area contributed by atoms with Gasteiger partial charge in [-0.05, 0) is 54.4 Å². The number of aryl methyl sites for hydroxylation is 1. The van der Waals surface area contributed by atoms with Crippen LogP contribution in [-0.2, 0) is 17.9 Å². The van der Waals surface area contributed by atoms with Gasteiger partial charge >= 0.3 is 0 Å². The first kappa shape index (κ1) is 22.5. The van der Waals surface area contributed by atoms with E-state index < -0.39 is 0 Å². The van der Waals surface area contributed by atoms with Crippen LogP contribution in [0.15, 0.2) is 84.0 Å². The second-order valence-electron chi connectivity index (χ2n) is 7.42. The molecular weight excluding hydrogens is 439 g/mol. The van der Waals surface area contributed by atoms with E-state index in [0.717, 1.165) is 16.9 Å². The zero-order chi connectivity index (χ0) is 23.0. The van der Waals surface area contributed by atoms with Gasteiger partial charge in [0.05, 0.1) is 12.3 Å². The fraction of sp³-hybridized carbons (Fsp3) is 0.160. The number of anilines is 1. The van der Waals surface area contributed by atoms with E-state index in [9.17, 15) is 9.18 Å². The topological polar surface area (TPSA) is 69.0 Å². The number of carbonyl (C=O) groups is 1. The maximum Gasteiger partial charge on any atom is 0.234 e. The molecule has 0 fully saturated rings. The normalized spacial score (nSPS) is 10.7. The lowest BCUT2D eigenvalue weighted by atomic mass is 10.2. The van der Waals surface area contributed by atoms with Gasteiger partial charge in [-0.25, -0.2) is 4.39 Å². The van der Waals surface area contributed by atoms with E-state index in [-0.39, 0.29) is 24.1 Å². The SMILES string of the molecule is Cc1cccc(OCc2nnc(SCC(=O)Nc3ccc(F)cc3)n2Cc2ccccc2)c1. The molecule has 1 aromatic heterocycles. The number of rotatable bonds is 9. The number of aromatic nitrogens is 3. The Morgan fingerprint density at radius 2 is 1.82 bits per heavy atom. The lowest BCUT2D eigenvalue weighted by Crippen LogP contribution is -2.15. The molecule has 0 spiro atoms. The fourth-order valence-corrected chi connectivity index (χ4v) is 3.93. The van der Waals surface area contributed by atoms with Crippen LogP contribution in [0.4, 0.5) is 10.1 Å². The Hall–Kier alpha value is -3.65. The van der Waals surface area contributed by atoms with Gasteiger partial charge < -0.3 is 10.1 Å². The van der Waals surface area contributed by atoms with Crippen LogP contribution in [0.2, 0.25) is 0 Å². The summed E-state index contributed by atoms with van der Waals surface area (Å²) in [6, 6.07) is 23.5. The van der Waals surface area contributed by atoms with E-state index in [0.29, 0.717) is 23.2 Å². The predicted octanol–water partition coefficient (Wildman–Crippen LogP) is 5.08. The van der Waals surface area contributed by atoms with Gasteiger partial charge in [-0.2, -0.15) is 0 Å². The van der Waals surface area contributed by atoms with E-state index in [4.69, 9.17) is 4.74 Å². The maximum absolute atomic E-state index is 13.1. The molecule has 0 aliphatic carbocycles. The molecular formula is C25H23FN4O2S. The molecule has 4 rings (SSSR count). The Morgan fingerprint density at radius 1 is 1.03 bits per heavy atom. The molecule has 3 aromatic carbocycles. The Bertz CT molecular complexity index is 1210. The first-order valence-corrected chi connectivity index (χ1v) is 11.4. The molecule has 0 unspecified atom stereocenters. The third-order valence-electron chi connectivity index (χ3n) is 4.79. The van der Waals surface area contributed by atoms with E-state index in [1.54, 1.807) is 0 Å². The lowest BCUT2D eigenvalue weighted by molar-refractivity contribution is -0.113. The minimum atomic E-state index is -0.350. The van der Waals surface area contributed by atoms with Crippen LogP contribution in [0.25, 0.3) is 0 Å². The van der Waals surface area contributed by atoms with Gasteiger partial charge in [-0.15, -0.1) is 10.2 Å². The first-order chi connectivity index (χ1) is 16.1. The number of amides is 1. The average molecular weight is 463 g/mol. The van der Waals surface area contributed by atoms with Crippen molar-refractivity contribution in [3.8, 4) is 5.75 Å². The third kappa shape index (κ3) is 6.43. The molecule has 4 aromatic rings. The highest BCUT2D eigenvalue weighted by molar-refractivity contribution is 7.99. The minimum Gasteiger partial charge on any atom is -0.486 e. The number of hydrogen-bond donors (Lipinski definition) is 1. The summed E-state index contributed by atoms with van der Waals surface area (Å²) >= 11 is 1.29. The van der Waals surface area contributed by atoms with Crippen LogP contribution < -0.4 is 10.1 Å². The highest BCUT2D eigenvalue weighted by Crippen LogP contribution is 2.21. The number of ether oxygens (including phenoxy) is 1. The molecule has 0 bridgehead atoms. The third-order valence-corrected chi connectivity index (χ3v) is 5.76. The summed E-state index contributed by atoms with van der Waals surface area (Å²) in [4.78, 5) is 12.4. The number of halogens is 1. The van der Waals surface area contributed by atoms with Crippen LogP contribution >= 0.6 is 11.8 Å².